The predicted molar refractivity (Wildman–Crippen MR) is 85.2 cm³/mol. The number of benzene rings is 1. The molecule has 0 saturated carbocycles. The Balaban J connectivity index is 2.02. The zero-order valence-electron chi connectivity index (χ0n) is 13.6. The Hall–Kier alpha value is -2.76. The minimum Gasteiger partial charge on any atom is -0.427 e. The number of esters is 1. The molecule has 1 aromatic carbocycles. The lowest BCUT2D eigenvalue weighted by Gasteiger charge is -2.09. The van der Waals surface area contributed by atoms with E-state index in [1.807, 2.05) is 20.8 Å². The summed E-state index contributed by atoms with van der Waals surface area (Å²) in [6.45, 7) is 7.30. The van der Waals surface area contributed by atoms with Crippen LogP contribution < -0.4 is 10.1 Å². The Morgan fingerprint density at radius 3 is 2.22 bits per heavy atom. The summed E-state index contributed by atoms with van der Waals surface area (Å²) in [5.74, 6) is -0.213. The highest BCUT2D eigenvalue weighted by molar-refractivity contribution is 5.94. The lowest BCUT2D eigenvalue weighted by molar-refractivity contribution is -0.131. The predicted octanol–water partition coefficient (Wildman–Crippen LogP) is 2.26. The molecule has 6 heteroatoms. The van der Waals surface area contributed by atoms with Crippen molar-refractivity contribution in [2.45, 2.75) is 34.2 Å². The normalized spacial score (nSPS) is 10.3. The Kier molecular flexibility index (Phi) is 5.05. The van der Waals surface area contributed by atoms with E-state index >= 15 is 0 Å². The van der Waals surface area contributed by atoms with E-state index in [-0.39, 0.29) is 5.91 Å². The van der Waals surface area contributed by atoms with Crippen molar-refractivity contribution in [1.29, 1.82) is 0 Å². The number of carbonyl (C=O) groups excluding carboxylic acids is 2. The van der Waals surface area contributed by atoms with Gasteiger partial charge in [-0.1, -0.05) is 0 Å². The van der Waals surface area contributed by atoms with Gasteiger partial charge in [0, 0.05) is 12.5 Å². The summed E-state index contributed by atoms with van der Waals surface area (Å²) in [6, 6.07) is 6.37. The molecule has 0 aliphatic heterocycles. The van der Waals surface area contributed by atoms with Crippen molar-refractivity contribution in [1.82, 2.24) is 15.3 Å². The third-order valence-electron chi connectivity index (χ3n) is 3.37. The molecule has 120 valence electrons. The van der Waals surface area contributed by atoms with Crippen molar-refractivity contribution in [2.24, 2.45) is 0 Å². The van der Waals surface area contributed by atoms with Gasteiger partial charge in [0.05, 0.1) is 29.3 Å². The number of aryl methyl sites for hydroxylation is 3. The molecule has 0 aliphatic rings. The topological polar surface area (TPSA) is 81.2 Å². The first-order chi connectivity index (χ1) is 10.9. The highest BCUT2D eigenvalue weighted by Gasteiger charge is 2.09. The Labute approximate surface area is 134 Å². The molecule has 0 saturated heterocycles. The summed E-state index contributed by atoms with van der Waals surface area (Å²) in [4.78, 5) is 31.9. The molecular formula is C17H19N3O3. The molecule has 1 aromatic heterocycles. The first kappa shape index (κ1) is 16.6. The summed E-state index contributed by atoms with van der Waals surface area (Å²) in [7, 11) is 0. The van der Waals surface area contributed by atoms with E-state index in [2.05, 4.69) is 15.3 Å². The summed E-state index contributed by atoms with van der Waals surface area (Å²) in [5, 5.41) is 2.81. The van der Waals surface area contributed by atoms with Crippen molar-refractivity contribution in [2.75, 3.05) is 0 Å². The molecule has 0 fully saturated rings. The maximum absolute atomic E-state index is 12.1. The Morgan fingerprint density at radius 2 is 1.61 bits per heavy atom. The van der Waals surface area contributed by atoms with Crippen LogP contribution in [0, 0.1) is 20.8 Å². The van der Waals surface area contributed by atoms with Gasteiger partial charge in [0.1, 0.15) is 5.75 Å². The van der Waals surface area contributed by atoms with E-state index in [1.165, 1.54) is 6.92 Å². The van der Waals surface area contributed by atoms with Crippen molar-refractivity contribution in [3.63, 3.8) is 0 Å². The SMILES string of the molecule is CC(=O)Oc1ccc(C(=O)NCc2nc(C)c(C)nc2C)cc1. The maximum Gasteiger partial charge on any atom is 0.308 e. The lowest BCUT2D eigenvalue weighted by Crippen LogP contribution is -2.24. The van der Waals surface area contributed by atoms with Gasteiger partial charge >= 0.3 is 5.97 Å². The van der Waals surface area contributed by atoms with E-state index in [1.54, 1.807) is 24.3 Å². The molecule has 0 aliphatic carbocycles. The van der Waals surface area contributed by atoms with Crippen LogP contribution in [0.1, 0.15) is 40.1 Å². The minimum atomic E-state index is -0.397. The average molecular weight is 313 g/mol. The molecule has 0 bridgehead atoms. The molecule has 6 nitrogen and oxygen atoms in total. The highest BCUT2D eigenvalue weighted by atomic mass is 16.5. The summed E-state index contributed by atoms with van der Waals surface area (Å²) in [6.07, 6.45) is 0. The van der Waals surface area contributed by atoms with Crippen LogP contribution in [-0.2, 0) is 11.3 Å². The van der Waals surface area contributed by atoms with E-state index < -0.39 is 5.97 Å². The van der Waals surface area contributed by atoms with Crippen LogP contribution in [0.5, 0.6) is 5.75 Å². The van der Waals surface area contributed by atoms with E-state index in [9.17, 15) is 9.59 Å². The minimum absolute atomic E-state index is 0.223. The first-order valence-corrected chi connectivity index (χ1v) is 7.24. The molecule has 0 atom stereocenters. The summed E-state index contributed by atoms with van der Waals surface area (Å²) in [5.41, 5.74) is 3.77. The molecular weight excluding hydrogens is 294 g/mol. The van der Waals surface area contributed by atoms with E-state index in [4.69, 9.17) is 4.74 Å². The van der Waals surface area contributed by atoms with Gasteiger partial charge in [-0.2, -0.15) is 0 Å². The van der Waals surface area contributed by atoms with Crippen molar-refractivity contribution < 1.29 is 14.3 Å². The van der Waals surface area contributed by atoms with E-state index in [0.29, 0.717) is 17.9 Å². The van der Waals surface area contributed by atoms with Gasteiger partial charge in [-0.25, -0.2) is 0 Å². The average Bonchev–Trinajstić information content (AvgIpc) is 2.49. The molecule has 1 amide bonds. The fraction of sp³-hybridized carbons (Fsp3) is 0.294. The number of aromatic nitrogens is 2. The second kappa shape index (κ2) is 7.00. The second-order valence-electron chi connectivity index (χ2n) is 5.23. The van der Waals surface area contributed by atoms with Gasteiger partial charge in [0.25, 0.3) is 5.91 Å². The molecule has 2 aromatic rings. The summed E-state index contributed by atoms with van der Waals surface area (Å²) >= 11 is 0. The zero-order valence-corrected chi connectivity index (χ0v) is 13.6. The maximum atomic E-state index is 12.1. The van der Waals surface area contributed by atoms with Crippen LogP contribution in [0.15, 0.2) is 24.3 Å². The quantitative estimate of drug-likeness (QED) is 0.691. The number of nitrogens with one attached hydrogen (secondary N) is 1. The van der Waals surface area contributed by atoms with Crippen LogP contribution in [-0.4, -0.2) is 21.8 Å². The van der Waals surface area contributed by atoms with Crippen LogP contribution in [0.3, 0.4) is 0 Å². The van der Waals surface area contributed by atoms with E-state index in [0.717, 1.165) is 22.8 Å². The Morgan fingerprint density at radius 1 is 1.00 bits per heavy atom. The fourth-order valence-corrected chi connectivity index (χ4v) is 2.04. The molecule has 0 spiro atoms. The smallest absolute Gasteiger partial charge is 0.308 e. The first-order valence-electron chi connectivity index (χ1n) is 7.24. The molecule has 23 heavy (non-hydrogen) atoms. The van der Waals surface area contributed by atoms with Crippen molar-refractivity contribution in [3.8, 4) is 5.75 Å². The number of ether oxygens (including phenoxy) is 1. The van der Waals surface area contributed by atoms with Gasteiger partial charge < -0.3 is 10.1 Å². The largest absolute Gasteiger partial charge is 0.427 e. The van der Waals surface area contributed by atoms with Gasteiger partial charge in [-0.3, -0.25) is 19.6 Å². The number of hydrogen-bond acceptors (Lipinski definition) is 5. The Bertz CT molecular complexity index is 739. The van der Waals surface area contributed by atoms with Gasteiger partial charge in [-0.15, -0.1) is 0 Å². The molecule has 2 rings (SSSR count). The second-order valence-corrected chi connectivity index (χ2v) is 5.23. The third-order valence-corrected chi connectivity index (χ3v) is 3.37. The third kappa shape index (κ3) is 4.35. The van der Waals surface area contributed by atoms with Crippen LogP contribution in [0.25, 0.3) is 0 Å². The molecule has 1 N–H and O–H groups in total. The molecule has 0 unspecified atom stereocenters. The van der Waals surface area contributed by atoms with Gasteiger partial charge in [-0.05, 0) is 45.0 Å². The van der Waals surface area contributed by atoms with Crippen molar-refractivity contribution in [3.05, 3.63) is 52.6 Å². The number of amides is 1. The number of rotatable bonds is 4. The number of nitrogens with zero attached hydrogens (tertiary/aromatic N) is 2. The summed E-state index contributed by atoms with van der Waals surface area (Å²) < 4.78 is 4.93. The van der Waals surface area contributed by atoms with Crippen LogP contribution in [0.2, 0.25) is 0 Å². The monoisotopic (exact) mass is 313 g/mol. The highest BCUT2D eigenvalue weighted by Crippen LogP contribution is 2.13. The van der Waals surface area contributed by atoms with Gasteiger partial charge in [0.15, 0.2) is 0 Å². The zero-order chi connectivity index (χ0) is 17.0. The van der Waals surface area contributed by atoms with Crippen LogP contribution in [0.4, 0.5) is 0 Å². The fourth-order valence-electron chi connectivity index (χ4n) is 2.04. The molecule has 0 radical (unpaired) electrons. The van der Waals surface area contributed by atoms with Crippen LogP contribution >= 0.6 is 0 Å². The number of carbonyl (C=O) groups is 2. The standard InChI is InChI=1S/C17H19N3O3/c1-10-11(2)20-16(12(3)19-10)9-18-17(22)14-5-7-15(8-6-14)23-13(4)21/h5-8H,9H2,1-4H3,(H,18,22). The lowest BCUT2D eigenvalue weighted by atomic mass is 10.2. The molecule has 1 heterocycles. The van der Waals surface area contributed by atoms with Crippen molar-refractivity contribution >= 4 is 11.9 Å². The van der Waals surface area contributed by atoms with Gasteiger partial charge in [0.2, 0.25) is 0 Å². The number of hydrogen-bond donors (Lipinski definition) is 1.